The van der Waals surface area contributed by atoms with E-state index >= 15 is 0 Å². The first-order valence-corrected chi connectivity index (χ1v) is 8.44. The van der Waals surface area contributed by atoms with E-state index in [1.54, 1.807) is 0 Å². The number of aryl methyl sites for hydroxylation is 2. The summed E-state index contributed by atoms with van der Waals surface area (Å²) in [6.07, 6.45) is 1.95. The largest absolute Gasteiger partial charge is 0.334 e. The third-order valence-corrected chi connectivity index (χ3v) is 4.07. The van der Waals surface area contributed by atoms with Gasteiger partial charge in [-0.05, 0) is 63.8 Å². The third-order valence-electron chi connectivity index (χ3n) is 4.07. The first kappa shape index (κ1) is 17.3. The molecule has 122 valence electrons. The zero-order valence-corrected chi connectivity index (χ0v) is 14.6. The predicted molar refractivity (Wildman–Crippen MR) is 96.7 cm³/mol. The fourth-order valence-electron chi connectivity index (χ4n) is 3.01. The normalized spacial score (nSPS) is 11.0. The molecule has 0 saturated carbocycles. The van der Waals surface area contributed by atoms with Crippen LogP contribution in [0.15, 0.2) is 54.6 Å². The third kappa shape index (κ3) is 4.69. The van der Waals surface area contributed by atoms with Crippen molar-refractivity contribution in [1.82, 2.24) is 4.90 Å². The van der Waals surface area contributed by atoms with Crippen LogP contribution < -0.4 is 0 Å². The summed E-state index contributed by atoms with van der Waals surface area (Å²) < 4.78 is 0. The van der Waals surface area contributed by atoms with Gasteiger partial charge in [-0.1, -0.05) is 42.5 Å². The lowest BCUT2D eigenvalue weighted by Gasteiger charge is -2.31. The summed E-state index contributed by atoms with van der Waals surface area (Å²) in [5.41, 5.74) is 3.33. The van der Waals surface area contributed by atoms with Crippen molar-refractivity contribution in [3.05, 3.63) is 71.3 Å². The molecule has 0 radical (unpaired) electrons. The minimum Gasteiger partial charge on any atom is -0.334 e. The molecular formula is C21H27NO. The highest BCUT2D eigenvalue weighted by Crippen LogP contribution is 2.15. The van der Waals surface area contributed by atoms with Crippen LogP contribution in [0.3, 0.4) is 0 Å². The molecule has 2 rings (SSSR count). The second-order valence-electron chi connectivity index (χ2n) is 6.59. The Morgan fingerprint density at radius 2 is 1.39 bits per heavy atom. The molecule has 0 saturated heterocycles. The highest BCUT2D eigenvalue weighted by atomic mass is 16.2. The van der Waals surface area contributed by atoms with Crippen LogP contribution in [0.2, 0.25) is 0 Å². The lowest BCUT2D eigenvalue weighted by molar-refractivity contribution is 0.0643. The molecule has 0 fully saturated rings. The maximum absolute atomic E-state index is 12.8. The number of benzene rings is 2. The van der Waals surface area contributed by atoms with Gasteiger partial charge in [-0.15, -0.1) is 0 Å². The zero-order chi connectivity index (χ0) is 16.8. The number of nitrogens with zero attached hydrogens (tertiary/aromatic N) is 1. The van der Waals surface area contributed by atoms with Gasteiger partial charge < -0.3 is 4.90 Å². The molecule has 0 aliphatic rings. The molecule has 0 aliphatic heterocycles. The SMILES string of the molecule is CC(C)N(C(=O)c1cccc(CCc2ccccc2)c1)C(C)C. The number of carbonyl (C=O) groups excluding carboxylic acids is 1. The van der Waals surface area contributed by atoms with Gasteiger partial charge in [0.1, 0.15) is 0 Å². The van der Waals surface area contributed by atoms with Crippen LogP contribution >= 0.6 is 0 Å². The molecule has 0 aromatic heterocycles. The number of carbonyl (C=O) groups is 1. The molecule has 2 nitrogen and oxygen atoms in total. The summed E-state index contributed by atoms with van der Waals surface area (Å²) in [6.45, 7) is 8.27. The van der Waals surface area contributed by atoms with E-state index in [9.17, 15) is 4.79 Å². The molecule has 0 atom stereocenters. The van der Waals surface area contributed by atoms with Crippen molar-refractivity contribution in [2.24, 2.45) is 0 Å². The second kappa shape index (κ2) is 7.96. The minimum atomic E-state index is 0.122. The van der Waals surface area contributed by atoms with E-state index in [1.165, 1.54) is 11.1 Å². The lowest BCUT2D eigenvalue weighted by atomic mass is 10.0. The molecular weight excluding hydrogens is 282 g/mol. The summed E-state index contributed by atoms with van der Waals surface area (Å²) in [6, 6.07) is 18.9. The molecule has 2 heteroatoms. The predicted octanol–water partition coefficient (Wildman–Crippen LogP) is 4.73. The Hall–Kier alpha value is -2.09. The van der Waals surface area contributed by atoms with Gasteiger partial charge in [-0.25, -0.2) is 0 Å². The van der Waals surface area contributed by atoms with Gasteiger partial charge in [0.2, 0.25) is 0 Å². The molecule has 0 aliphatic carbocycles. The van der Waals surface area contributed by atoms with E-state index in [0.29, 0.717) is 0 Å². The van der Waals surface area contributed by atoms with Crippen LogP contribution in [-0.4, -0.2) is 22.9 Å². The van der Waals surface area contributed by atoms with Crippen LogP contribution in [0.25, 0.3) is 0 Å². The Morgan fingerprint density at radius 3 is 2.00 bits per heavy atom. The van der Waals surface area contributed by atoms with Gasteiger partial charge in [-0.3, -0.25) is 4.79 Å². The minimum absolute atomic E-state index is 0.122. The molecule has 2 aromatic rings. The molecule has 0 unspecified atom stereocenters. The smallest absolute Gasteiger partial charge is 0.254 e. The van der Waals surface area contributed by atoms with Gasteiger partial charge in [0.25, 0.3) is 5.91 Å². The number of amides is 1. The molecule has 0 bridgehead atoms. The maximum atomic E-state index is 12.8. The van der Waals surface area contributed by atoms with Crippen molar-refractivity contribution in [3.63, 3.8) is 0 Å². The summed E-state index contributed by atoms with van der Waals surface area (Å²) >= 11 is 0. The van der Waals surface area contributed by atoms with Crippen molar-refractivity contribution < 1.29 is 4.79 Å². The van der Waals surface area contributed by atoms with Crippen LogP contribution in [0.5, 0.6) is 0 Å². The lowest BCUT2D eigenvalue weighted by Crippen LogP contribution is -2.42. The van der Waals surface area contributed by atoms with Gasteiger partial charge in [0.15, 0.2) is 0 Å². The van der Waals surface area contributed by atoms with Gasteiger partial charge in [-0.2, -0.15) is 0 Å². The quantitative estimate of drug-likeness (QED) is 0.755. The van der Waals surface area contributed by atoms with Crippen LogP contribution in [0, 0.1) is 0 Å². The number of hydrogen-bond acceptors (Lipinski definition) is 1. The van der Waals surface area contributed by atoms with E-state index in [4.69, 9.17) is 0 Å². The number of rotatable bonds is 6. The van der Waals surface area contributed by atoms with E-state index < -0.39 is 0 Å². The Balaban J connectivity index is 2.11. The van der Waals surface area contributed by atoms with Gasteiger partial charge in [0, 0.05) is 17.6 Å². The Morgan fingerprint density at radius 1 is 0.826 bits per heavy atom. The molecule has 0 N–H and O–H groups in total. The highest BCUT2D eigenvalue weighted by Gasteiger charge is 2.21. The Bertz CT molecular complexity index is 623. The van der Waals surface area contributed by atoms with E-state index in [2.05, 4.69) is 58.0 Å². The monoisotopic (exact) mass is 309 g/mol. The topological polar surface area (TPSA) is 20.3 Å². The van der Waals surface area contributed by atoms with Crippen LogP contribution in [-0.2, 0) is 12.8 Å². The number of hydrogen-bond donors (Lipinski definition) is 0. The molecule has 0 spiro atoms. The Kier molecular flexibility index (Phi) is 5.97. The van der Waals surface area contributed by atoms with Crippen LogP contribution in [0.1, 0.15) is 49.2 Å². The first-order chi connectivity index (χ1) is 11.0. The van der Waals surface area contributed by atoms with E-state index in [0.717, 1.165) is 18.4 Å². The van der Waals surface area contributed by atoms with Crippen molar-refractivity contribution >= 4 is 5.91 Å². The standard InChI is InChI=1S/C21H27NO/c1-16(2)22(17(3)4)21(23)20-12-8-11-19(15-20)14-13-18-9-6-5-7-10-18/h5-12,15-17H,13-14H2,1-4H3. The van der Waals surface area contributed by atoms with Crippen molar-refractivity contribution in [1.29, 1.82) is 0 Å². The molecule has 23 heavy (non-hydrogen) atoms. The van der Waals surface area contributed by atoms with Crippen molar-refractivity contribution in [2.45, 2.75) is 52.6 Å². The molecule has 2 aromatic carbocycles. The van der Waals surface area contributed by atoms with Crippen molar-refractivity contribution in [2.75, 3.05) is 0 Å². The molecule has 0 heterocycles. The maximum Gasteiger partial charge on any atom is 0.254 e. The summed E-state index contributed by atoms with van der Waals surface area (Å²) in [5, 5.41) is 0. The van der Waals surface area contributed by atoms with Crippen LogP contribution in [0.4, 0.5) is 0 Å². The van der Waals surface area contributed by atoms with Gasteiger partial charge in [0.05, 0.1) is 0 Å². The van der Waals surface area contributed by atoms with E-state index in [1.807, 2.05) is 29.2 Å². The summed E-state index contributed by atoms with van der Waals surface area (Å²) in [7, 11) is 0. The zero-order valence-electron chi connectivity index (χ0n) is 14.6. The second-order valence-corrected chi connectivity index (χ2v) is 6.59. The van der Waals surface area contributed by atoms with Gasteiger partial charge >= 0.3 is 0 Å². The van der Waals surface area contributed by atoms with E-state index in [-0.39, 0.29) is 18.0 Å². The fourth-order valence-corrected chi connectivity index (χ4v) is 3.01. The fraction of sp³-hybridized carbons (Fsp3) is 0.381. The average Bonchev–Trinajstić information content (AvgIpc) is 2.53. The Labute approximate surface area is 140 Å². The average molecular weight is 309 g/mol. The highest BCUT2D eigenvalue weighted by molar-refractivity contribution is 5.94. The molecule has 1 amide bonds. The summed E-state index contributed by atoms with van der Waals surface area (Å²) in [4.78, 5) is 14.7. The summed E-state index contributed by atoms with van der Waals surface area (Å²) in [5.74, 6) is 0.122. The van der Waals surface area contributed by atoms with Crippen molar-refractivity contribution in [3.8, 4) is 0 Å². The first-order valence-electron chi connectivity index (χ1n) is 8.44.